The van der Waals surface area contributed by atoms with Gasteiger partial charge in [0.1, 0.15) is 30.1 Å². The quantitative estimate of drug-likeness (QED) is 0.351. The lowest BCUT2D eigenvalue weighted by Gasteiger charge is -2.31. The van der Waals surface area contributed by atoms with Gasteiger partial charge in [-0.2, -0.15) is 4.89 Å². The molecule has 2 aromatic rings. The van der Waals surface area contributed by atoms with E-state index in [2.05, 4.69) is 65.5 Å². The monoisotopic (exact) mass is 556 g/mol. The van der Waals surface area contributed by atoms with Crippen molar-refractivity contribution in [3.63, 3.8) is 0 Å². The van der Waals surface area contributed by atoms with Crippen LogP contribution in [0.4, 0.5) is 0 Å². The lowest BCUT2D eigenvalue weighted by atomic mass is 9.78. The van der Waals surface area contributed by atoms with Gasteiger partial charge in [-0.1, -0.05) is 48.5 Å². The standard InChI is InChI=1S/C31H44N2O5S/c1-8-32(14-15-36-23-11-10-21-19-37-38-26(21)18-23)12-9-13-33-27(34)20-39-29(33)22-16-24(30(2,3)4)28(35)25(17-22)31(5,6)7/h10-11,16-18,29,35H,8-9,12-15,19-20H2,1-7H3. The van der Waals surface area contributed by atoms with Crippen molar-refractivity contribution in [3.05, 3.63) is 52.6 Å². The number of carbonyl (C=O) groups excluding carboxylic acids is 1. The van der Waals surface area contributed by atoms with Crippen LogP contribution < -0.4 is 9.62 Å². The lowest BCUT2D eigenvalue weighted by Crippen LogP contribution is -2.34. The number of benzene rings is 2. The molecular weight excluding hydrogens is 512 g/mol. The van der Waals surface area contributed by atoms with Gasteiger partial charge in [-0.05, 0) is 71.3 Å². The number of phenolic OH excluding ortho intramolecular Hbond substituents is 1. The highest BCUT2D eigenvalue weighted by Crippen LogP contribution is 2.45. The van der Waals surface area contributed by atoms with Gasteiger partial charge in [-0.3, -0.25) is 4.79 Å². The SMILES string of the molecule is CCN(CCCN1C(=O)CSC1c1cc(C(C)(C)C)c(O)c(C(C)(C)C)c1)CCOc1ccc2c(c1)OOC2. The van der Waals surface area contributed by atoms with E-state index in [1.807, 2.05) is 23.1 Å². The van der Waals surface area contributed by atoms with Crippen LogP contribution >= 0.6 is 11.8 Å². The molecule has 0 bridgehead atoms. The van der Waals surface area contributed by atoms with E-state index in [-0.39, 0.29) is 22.1 Å². The topological polar surface area (TPSA) is 71.5 Å². The summed E-state index contributed by atoms with van der Waals surface area (Å²) >= 11 is 1.68. The molecule has 1 fully saturated rings. The fraction of sp³-hybridized carbons (Fsp3) is 0.581. The highest BCUT2D eigenvalue weighted by atomic mass is 32.2. The largest absolute Gasteiger partial charge is 0.507 e. The normalized spacial score (nSPS) is 17.6. The Morgan fingerprint density at radius 2 is 1.77 bits per heavy atom. The Kier molecular flexibility index (Phi) is 9.08. The van der Waals surface area contributed by atoms with Crippen LogP contribution in [0, 0.1) is 0 Å². The first kappa shape index (κ1) is 29.6. The fourth-order valence-corrected chi connectivity index (χ4v) is 6.28. The molecule has 4 rings (SSSR count). The molecule has 0 saturated carbocycles. The summed E-state index contributed by atoms with van der Waals surface area (Å²) in [5.41, 5.74) is 3.59. The van der Waals surface area contributed by atoms with Crippen molar-refractivity contribution in [1.82, 2.24) is 9.80 Å². The molecule has 39 heavy (non-hydrogen) atoms. The molecule has 0 aliphatic carbocycles. The maximum atomic E-state index is 12.9. The summed E-state index contributed by atoms with van der Waals surface area (Å²) < 4.78 is 5.96. The summed E-state index contributed by atoms with van der Waals surface area (Å²) in [6.45, 7) is 19.3. The number of carbonyl (C=O) groups is 1. The van der Waals surface area contributed by atoms with Crippen LogP contribution in [0.15, 0.2) is 30.3 Å². The molecule has 8 heteroatoms. The number of hydrogen-bond donors (Lipinski definition) is 1. The summed E-state index contributed by atoms with van der Waals surface area (Å²) in [6.07, 6.45) is 0.886. The van der Waals surface area contributed by atoms with Crippen LogP contribution in [0.25, 0.3) is 0 Å². The average Bonchev–Trinajstić information content (AvgIpc) is 3.48. The highest BCUT2D eigenvalue weighted by Gasteiger charge is 2.35. The molecular formula is C31H44N2O5S. The second-order valence-electron chi connectivity index (χ2n) is 12.5. The number of likely N-dealkylation sites (N-methyl/N-ethyl adjacent to an activating group) is 1. The molecule has 2 aromatic carbocycles. The third-order valence-electron chi connectivity index (χ3n) is 7.40. The van der Waals surface area contributed by atoms with Crippen LogP contribution in [0.5, 0.6) is 17.2 Å². The number of phenols is 1. The number of ether oxygens (including phenoxy) is 1. The molecule has 0 spiro atoms. The minimum Gasteiger partial charge on any atom is -0.507 e. The number of aromatic hydroxyl groups is 1. The van der Waals surface area contributed by atoms with Crippen molar-refractivity contribution in [2.24, 2.45) is 0 Å². The van der Waals surface area contributed by atoms with Gasteiger partial charge in [-0.15, -0.1) is 11.8 Å². The zero-order valence-electron chi connectivity index (χ0n) is 24.5. The van der Waals surface area contributed by atoms with Crippen molar-refractivity contribution in [1.29, 1.82) is 0 Å². The van der Waals surface area contributed by atoms with Crippen LogP contribution in [-0.4, -0.2) is 59.4 Å². The number of thioether (sulfide) groups is 1. The van der Waals surface area contributed by atoms with E-state index >= 15 is 0 Å². The summed E-state index contributed by atoms with van der Waals surface area (Å²) in [4.78, 5) is 27.5. The smallest absolute Gasteiger partial charge is 0.233 e. The third-order valence-corrected chi connectivity index (χ3v) is 8.66. The third kappa shape index (κ3) is 7.02. The van der Waals surface area contributed by atoms with Gasteiger partial charge in [0.25, 0.3) is 0 Å². The van der Waals surface area contributed by atoms with Gasteiger partial charge in [0.05, 0.1) is 5.75 Å². The molecule has 2 heterocycles. The average molecular weight is 557 g/mol. The highest BCUT2D eigenvalue weighted by molar-refractivity contribution is 8.00. The van der Waals surface area contributed by atoms with E-state index in [0.717, 1.165) is 59.8 Å². The van der Waals surface area contributed by atoms with E-state index < -0.39 is 0 Å². The predicted molar refractivity (Wildman–Crippen MR) is 157 cm³/mol. The first-order chi connectivity index (χ1) is 18.4. The van der Waals surface area contributed by atoms with E-state index in [1.54, 1.807) is 11.8 Å². The summed E-state index contributed by atoms with van der Waals surface area (Å²) in [5, 5.41) is 11.1. The maximum absolute atomic E-state index is 12.9. The predicted octanol–water partition coefficient (Wildman–Crippen LogP) is 6.18. The molecule has 2 aliphatic heterocycles. The van der Waals surface area contributed by atoms with Gasteiger partial charge >= 0.3 is 0 Å². The molecule has 1 N–H and O–H groups in total. The Balaban J connectivity index is 1.37. The minimum absolute atomic E-state index is 0.0373. The Bertz CT molecular complexity index is 1140. The molecule has 0 radical (unpaired) electrons. The molecule has 7 nitrogen and oxygen atoms in total. The van der Waals surface area contributed by atoms with Crippen molar-refractivity contribution >= 4 is 17.7 Å². The zero-order chi connectivity index (χ0) is 28.4. The van der Waals surface area contributed by atoms with Gasteiger partial charge in [0, 0.05) is 24.7 Å². The van der Waals surface area contributed by atoms with Gasteiger partial charge in [-0.25, -0.2) is 0 Å². The molecule has 2 aliphatic rings. The number of fused-ring (bicyclic) bond motifs is 1. The fourth-order valence-electron chi connectivity index (χ4n) is 5.08. The lowest BCUT2D eigenvalue weighted by molar-refractivity contribution is -0.194. The minimum atomic E-state index is -0.206. The Morgan fingerprint density at radius 1 is 1.08 bits per heavy atom. The molecule has 214 valence electrons. The number of rotatable bonds is 10. The maximum Gasteiger partial charge on any atom is 0.233 e. The van der Waals surface area contributed by atoms with Crippen LogP contribution in [0.1, 0.15) is 82.5 Å². The van der Waals surface area contributed by atoms with Crippen molar-refractivity contribution in [2.45, 2.75) is 77.7 Å². The van der Waals surface area contributed by atoms with Crippen molar-refractivity contribution in [2.75, 3.05) is 38.5 Å². The first-order valence-electron chi connectivity index (χ1n) is 13.9. The van der Waals surface area contributed by atoms with Crippen molar-refractivity contribution in [3.8, 4) is 17.2 Å². The molecule has 1 saturated heterocycles. The Labute approximate surface area is 237 Å². The second kappa shape index (κ2) is 12.0. The van der Waals surface area contributed by atoms with E-state index in [4.69, 9.17) is 14.5 Å². The van der Waals surface area contributed by atoms with Crippen LogP contribution in [-0.2, 0) is 27.1 Å². The van der Waals surface area contributed by atoms with Crippen LogP contribution in [0.3, 0.4) is 0 Å². The van der Waals surface area contributed by atoms with Gasteiger partial charge in [0.2, 0.25) is 5.91 Å². The van der Waals surface area contributed by atoms with Gasteiger partial charge < -0.3 is 24.5 Å². The van der Waals surface area contributed by atoms with Gasteiger partial charge in [0.15, 0.2) is 5.75 Å². The van der Waals surface area contributed by atoms with E-state index in [1.165, 1.54) is 0 Å². The number of nitrogens with zero attached hydrogens (tertiary/aromatic N) is 2. The summed E-state index contributed by atoms with van der Waals surface area (Å²) in [7, 11) is 0. The summed E-state index contributed by atoms with van der Waals surface area (Å²) in [5.74, 6) is 2.54. The number of hydrogen-bond acceptors (Lipinski definition) is 7. The first-order valence-corrected chi connectivity index (χ1v) is 15.0. The second-order valence-corrected chi connectivity index (χ2v) is 13.5. The summed E-state index contributed by atoms with van der Waals surface area (Å²) in [6, 6.07) is 10.0. The molecule has 1 amide bonds. The number of amides is 1. The van der Waals surface area contributed by atoms with Crippen molar-refractivity contribution < 1.29 is 24.4 Å². The Morgan fingerprint density at radius 3 is 2.41 bits per heavy atom. The Hall–Kier alpha value is -2.42. The van der Waals surface area contributed by atoms with E-state index in [9.17, 15) is 9.90 Å². The van der Waals surface area contributed by atoms with Crippen LogP contribution in [0.2, 0.25) is 0 Å². The molecule has 1 unspecified atom stereocenters. The molecule has 0 aromatic heterocycles. The zero-order valence-corrected chi connectivity index (χ0v) is 25.3. The van der Waals surface area contributed by atoms with E-state index in [0.29, 0.717) is 31.3 Å². The molecule has 1 atom stereocenters.